The summed E-state index contributed by atoms with van der Waals surface area (Å²) < 4.78 is 0. The van der Waals surface area contributed by atoms with Gasteiger partial charge >= 0.3 is 0 Å². The number of nitrogens with two attached hydrogens (primary N) is 1. The maximum Gasteiger partial charge on any atom is 0.239 e. The number of hydrogen-bond acceptors (Lipinski definition) is 3. The molecule has 0 aromatic carbocycles. The van der Waals surface area contributed by atoms with E-state index in [1.807, 2.05) is 13.0 Å². The summed E-state index contributed by atoms with van der Waals surface area (Å²) in [6, 6.07) is 2.02. The summed E-state index contributed by atoms with van der Waals surface area (Å²) in [5, 5.41) is 8.87. The summed E-state index contributed by atoms with van der Waals surface area (Å²) >= 11 is 0. The van der Waals surface area contributed by atoms with E-state index in [2.05, 4.69) is 0 Å². The van der Waals surface area contributed by atoms with E-state index in [-0.39, 0.29) is 17.7 Å². The Morgan fingerprint density at radius 3 is 2.75 bits per heavy atom. The van der Waals surface area contributed by atoms with Crippen LogP contribution in [0.1, 0.15) is 26.2 Å². The Morgan fingerprint density at radius 1 is 1.62 bits per heavy atom. The maximum absolute atomic E-state index is 11.9. The summed E-state index contributed by atoms with van der Waals surface area (Å²) in [6.07, 6.45) is 2.00. The van der Waals surface area contributed by atoms with Gasteiger partial charge in [0.2, 0.25) is 11.8 Å². The van der Waals surface area contributed by atoms with Crippen LogP contribution in [-0.2, 0) is 9.59 Å². The van der Waals surface area contributed by atoms with Gasteiger partial charge in [-0.3, -0.25) is 9.59 Å². The number of carbonyl (C=O) groups excluding carboxylic acids is 2. The molecular formula is C11H17N3O2. The Balaban J connectivity index is 2.56. The van der Waals surface area contributed by atoms with Crippen LogP contribution >= 0.6 is 0 Å². The fourth-order valence-electron chi connectivity index (χ4n) is 1.94. The van der Waals surface area contributed by atoms with E-state index in [4.69, 9.17) is 11.0 Å². The number of rotatable bonds is 4. The fraction of sp³-hybridized carbons (Fsp3) is 0.727. The molecule has 2 atom stereocenters. The van der Waals surface area contributed by atoms with Crippen LogP contribution in [0.3, 0.4) is 0 Å². The van der Waals surface area contributed by atoms with Crippen molar-refractivity contribution in [3.8, 4) is 6.07 Å². The molecule has 0 aliphatic carbocycles. The summed E-state index contributed by atoms with van der Waals surface area (Å²) in [6.45, 7) is 2.85. The summed E-state index contributed by atoms with van der Waals surface area (Å²) in [7, 11) is 0. The molecule has 88 valence electrons. The molecule has 1 aliphatic heterocycles. The second-order valence-electron chi connectivity index (χ2n) is 4.14. The Hall–Kier alpha value is -1.57. The van der Waals surface area contributed by atoms with Crippen molar-refractivity contribution in [3.63, 3.8) is 0 Å². The molecule has 0 spiro atoms. The van der Waals surface area contributed by atoms with Crippen LogP contribution in [0.4, 0.5) is 0 Å². The van der Waals surface area contributed by atoms with Gasteiger partial charge in [-0.05, 0) is 12.8 Å². The van der Waals surface area contributed by atoms with Crippen molar-refractivity contribution in [2.45, 2.75) is 26.2 Å². The van der Waals surface area contributed by atoms with Gasteiger partial charge in [-0.25, -0.2) is 0 Å². The van der Waals surface area contributed by atoms with Crippen LogP contribution in [-0.4, -0.2) is 29.8 Å². The number of carbonyl (C=O) groups is 2. The molecule has 5 nitrogen and oxygen atoms in total. The minimum Gasteiger partial charge on any atom is -0.369 e. The van der Waals surface area contributed by atoms with Gasteiger partial charge < -0.3 is 10.6 Å². The fourth-order valence-corrected chi connectivity index (χ4v) is 1.94. The maximum atomic E-state index is 11.9. The molecule has 0 radical (unpaired) electrons. The number of likely N-dealkylation sites (tertiary alicyclic amines) is 1. The third kappa shape index (κ3) is 2.72. The summed E-state index contributed by atoms with van der Waals surface area (Å²) in [5.74, 6) is -1.34. The highest BCUT2D eigenvalue weighted by molar-refractivity contribution is 5.83. The molecule has 1 heterocycles. The first-order chi connectivity index (χ1) is 7.60. The van der Waals surface area contributed by atoms with Gasteiger partial charge in [0.05, 0.1) is 12.0 Å². The third-order valence-electron chi connectivity index (χ3n) is 2.93. The summed E-state index contributed by atoms with van der Waals surface area (Å²) in [5.41, 5.74) is 5.19. The molecule has 5 heteroatoms. The molecule has 0 aromatic heterocycles. The van der Waals surface area contributed by atoms with Crippen molar-refractivity contribution in [2.75, 3.05) is 13.1 Å². The zero-order valence-corrected chi connectivity index (χ0v) is 9.48. The molecule has 1 fully saturated rings. The van der Waals surface area contributed by atoms with Crippen molar-refractivity contribution in [1.29, 1.82) is 5.26 Å². The lowest BCUT2D eigenvalue weighted by Gasteiger charge is -2.18. The minimum atomic E-state index is -0.573. The highest BCUT2D eigenvalue weighted by atomic mass is 16.2. The standard InChI is InChI=1S/C11H17N3O2/c1-2-3-8(6-12)11(16)14-5-4-9(7-14)10(13)15/h8-9H,2-5,7H2,1H3,(H2,13,15). The van der Waals surface area contributed by atoms with Crippen molar-refractivity contribution >= 4 is 11.8 Å². The monoisotopic (exact) mass is 223 g/mol. The number of nitrogens with zero attached hydrogens (tertiary/aromatic N) is 2. The van der Waals surface area contributed by atoms with E-state index < -0.39 is 5.92 Å². The Morgan fingerprint density at radius 2 is 2.31 bits per heavy atom. The van der Waals surface area contributed by atoms with Gasteiger partial charge in [0.15, 0.2) is 0 Å². The average Bonchev–Trinajstić information content (AvgIpc) is 2.74. The Labute approximate surface area is 95.2 Å². The molecule has 0 saturated carbocycles. The molecule has 16 heavy (non-hydrogen) atoms. The molecule has 1 rings (SSSR count). The number of hydrogen-bond donors (Lipinski definition) is 1. The predicted molar refractivity (Wildman–Crippen MR) is 57.9 cm³/mol. The lowest BCUT2D eigenvalue weighted by atomic mass is 10.0. The van der Waals surface area contributed by atoms with Gasteiger partial charge in [-0.15, -0.1) is 0 Å². The van der Waals surface area contributed by atoms with E-state index >= 15 is 0 Å². The second-order valence-corrected chi connectivity index (χ2v) is 4.14. The molecule has 2 unspecified atom stereocenters. The first-order valence-corrected chi connectivity index (χ1v) is 5.57. The van der Waals surface area contributed by atoms with Gasteiger partial charge in [-0.1, -0.05) is 13.3 Å². The Bertz CT molecular complexity index is 322. The third-order valence-corrected chi connectivity index (χ3v) is 2.93. The van der Waals surface area contributed by atoms with E-state index in [0.29, 0.717) is 25.9 Å². The van der Waals surface area contributed by atoms with Gasteiger partial charge in [-0.2, -0.15) is 5.26 Å². The molecule has 1 aliphatic rings. The zero-order chi connectivity index (χ0) is 12.1. The van der Waals surface area contributed by atoms with Crippen LogP contribution in [0.2, 0.25) is 0 Å². The molecule has 2 N–H and O–H groups in total. The largest absolute Gasteiger partial charge is 0.369 e. The summed E-state index contributed by atoms with van der Waals surface area (Å²) in [4.78, 5) is 24.4. The van der Waals surface area contributed by atoms with Crippen LogP contribution in [0.25, 0.3) is 0 Å². The van der Waals surface area contributed by atoms with Crippen LogP contribution in [0.15, 0.2) is 0 Å². The van der Waals surface area contributed by atoms with E-state index in [1.54, 1.807) is 4.90 Å². The highest BCUT2D eigenvalue weighted by Gasteiger charge is 2.32. The normalized spacial score (nSPS) is 21.5. The smallest absolute Gasteiger partial charge is 0.239 e. The van der Waals surface area contributed by atoms with Crippen LogP contribution < -0.4 is 5.73 Å². The van der Waals surface area contributed by atoms with Gasteiger partial charge in [0.25, 0.3) is 0 Å². The quantitative estimate of drug-likeness (QED) is 0.741. The molecule has 0 bridgehead atoms. The SMILES string of the molecule is CCCC(C#N)C(=O)N1CCC(C(N)=O)C1. The first kappa shape index (κ1) is 12.5. The Kier molecular flexibility index (Phi) is 4.29. The first-order valence-electron chi connectivity index (χ1n) is 5.57. The van der Waals surface area contributed by atoms with E-state index in [0.717, 1.165) is 6.42 Å². The van der Waals surface area contributed by atoms with Gasteiger partial charge in [0.1, 0.15) is 5.92 Å². The highest BCUT2D eigenvalue weighted by Crippen LogP contribution is 2.19. The molecule has 0 aromatic rings. The number of amides is 2. The number of primary amides is 1. The lowest BCUT2D eigenvalue weighted by molar-refractivity contribution is -0.133. The molecule has 1 saturated heterocycles. The van der Waals surface area contributed by atoms with Crippen LogP contribution in [0, 0.1) is 23.2 Å². The van der Waals surface area contributed by atoms with Crippen molar-refractivity contribution in [1.82, 2.24) is 4.90 Å². The second kappa shape index (κ2) is 5.50. The zero-order valence-electron chi connectivity index (χ0n) is 9.48. The van der Waals surface area contributed by atoms with Crippen LogP contribution in [0.5, 0.6) is 0 Å². The van der Waals surface area contributed by atoms with Gasteiger partial charge in [0, 0.05) is 13.1 Å². The minimum absolute atomic E-state index is 0.159. The van der Waals surface area contributed by atoms with Crippen molar-refractivity contribution in [2.24, 2.45) is 17.6 Å². The van der Waals surface area contributed by atoms with Crippen molar-refractivity contribution in [3.05, 3.63) is 0 Å². The predicted octanol–water partition coefficient (Wildman–Crippen LogP) is 0.260. The molecular weight excluding hydrogens is 206 g/mol. The van der Waals surface area contributed by atoms with Crippen molar-refractivity contribution < 1.29 is 9.59 Å². The average molecular weight is 223 g/mol. The van der Waals surface area contributed by atoms with E-state index in [1.165, 1.54) is 0 Å². The lowest BCUT2D eigenvalue weighted by Crippen LogP contribution is -2.35. The number of nitriles is 1. The molecule has 2 amide bonds. The topological polar surface area (TPSA) is 87.2 Å². The van der Waals surface area contributed by atoms with E-state index in [9.17, 15) is 9.59 Å².